The first kappa shape index (κ1) is 13.4. The van der Waals surface area contributed by atoms with Crippen molar-refractivity contribution in [3.05, 3.63) is 26.8 Å². The number of anilines is 1. The van der Waals surface area contributed by atoms with Gasteiger partial charge in [-0.15, -0.1) is 0 Å². The first-order valence-electron chi connectivity index (χ1n) is 3.77. The van der Waals surface area contributed by atoms with Gasteiger partial charge in [0.05, 0.1) is 11.1 Å². The second kappa shape index (κ2) is 3.97. The second-order valence-corrected chi connectivity index (χ2v) is 4.08. The molecule has 0 heterocycles. The van der Waals surface area contributed by atoms with Crippen molar-refractivity contribution in [1.82, 2.24) is 0 Å². The highest BCUT2D eigenvalue weighted by Gasteiger charge is 2.38. The molecule has 0 unspecified atom stereocenters. The minimum absolute atomic E-state index is 0.283. The maximum absolute atomic E-state index is 12.4. The zero-order chi connectivity index (χ0) is 12.7. The fraction of sp³-hybridized carbons (Fsp3) is 0.250. The number of rotatable bonds is 0. The van der Waals surface area contributed by atoms with Gasteiger partial charge in [0, 0.05) is 9.26 Å². The summed E-state index contributed by atoms with van der Waals surface area (Å²) in [5, 5.41) is 0. The van der Waals surface area contributed by atoms with E-state index in [2.05, 4.69) is 0 Å². The summed E-state index contributed by atoms with van der Waals surface area (Å²) < 4.78 is 73.3. The maximum atomic E-state index is 12.4. The van der Waals surface area contributed by atoms with Crippen LogP contribution >= 0.6 is 22.6 Å². The van der Waals surface area contributed by atoms with Crippen molar-refractivity contribution in [2.24, 2.45) is 0 Å². The van der Waals surface area contributed by atoms with E-state index >= 15 is 0 Å². The highest BCUT2D eigenvalue weighted by molar-refractivity contribution is 14.1. The lowest BCUT2D eigenvalue weighted by Gasteiger charge is -2.15. The molecule has 0 atom stereocenters. The van der Waals surface area contributed by atoms with Crippen molar-refractivity contribution in [1.29, 1.82) is 0 Å². The van der Waals surface area contributed by atoms with Gasteiger partial charge in [-0.05, 0) is 34.7 Å². The summed E-state index contributed by atoms with van der Waals surface area (Å²) in [6.45, 7) is 0. The van der Waals surface area contributed by atoms with E-state index in [-0.39, 0.29) is 6.07 Å². The molecule has 0 radical (unpaired) electrons. The van der Waals surface area contributed by atoms with E-state index in [0.29, 0.717) is 6.07 Å². The summed E-state index contributed by atoms with van der Waals surface area (Å²) in [6, 6.07) is 0.699. The molecule has 0 spiro atoms. The largest absolute Gasteiger partial charge is 0.419 e. The highest BCUT2D eigenvalue weighted by Crippen LogP contribution is 2.40. The molecule has 1 rings (SSSR count). The van der Waals surface area contributed by atoms with Crippen LogP contribution in [0.5, 0.6) is 0 Å². The third-order valence-electron chi connectivity index (χ3n) is 1.73. The smallest absolute Gasteiger partial charge is 0.398 e. The summed E-state index contributed by atoms with van der Waals surface area (Å²) >= 11 is 1.18. The third kappa shape index (κ3) is 2.71. The van der Waals surface area contributed by atoms with Crippen LogP contribution in [0.4, 0.5) is 32.0 Å². The Balaban J connectivity index is 3.41. The Bertz CT molecular complexity index is 385. The van der Waals surface area contributed by atoms with E-state index < -0.39 is 32.7 Å². The fourth-order valence-electron chi connectivity index (χ4n) is 1.09. The normalized spacial score (nSPS) is 12.9. The molecular weight excluding hydrogens is 351 g/mol. The lowest BCUT2D eigenvalue weighted by atomic mass is 10.1. The molecule has 1 aromatic rings. The van der Waals surface area contributed by atoms with Crippen LogP contribution < -0.4 is 5.73 Å². The van der Waals surface area contributed by atoms with Gasteiger partial charge in [0.2, 0.25) is 0 Å². The van der Waals surface area contributed by atoms with E-state index in [0.717, 1.165) is 0 Å². The highest BCUT2D eigenvalue weighted by atomic mass is 127. The van der Waals surface area contributed by atoms with E-state index in [4.69, 9.17) is 5.73 Å². The molecule has 0 aliphatic carbocycles. The Labute approximate surface area is 99.8 Å². The summed E-state index contributed by atoms with van der Waals surface area (Å²) in [6.07, 6.45) is -9.47. The van der Waals surface area contributed by atoms with Crippen LogP contribution in [-0.4, -0.2) is 0 Å². The van der Waals surface area contributed by atoms with Crippen molar-refractivity contribution < 1.29 is 26.3 Å². The van der Waals surface area contributed by atoms with Crippen LogP contribution in [0.2, 0.25) is 0 Å². The molecule has 8 heteroatoms. The maximum Gasteiger partial charge on any atom is 0.419 e. The van der Waals surface area contributed by atoms with Gasteiger partial charge < -0.3 is 5.73 Å². The van der Waals surface area contributed by atoms with Crippen LogP contribution in [0.3, 0.4) is 0 Å². The van der Waals surface area contributed by atoms with Gasteiger partial charge in [0.1, 0.15) is 0 Å². The van der Waals surface area contributed by atoms with Crippen molar-refractivity contribution >= 4 is 28.3 Å². The van der Waals surface area contributed by atoms with Gasteiger partial charge >= 0.3 is 12.4 Å². The van der Waals surface area contributed by atoms with Crippen LogP contribution in [0.15, 0.2) is 12.1 Å². The Morgan fingerprint density at radius 1 is 0.938 bits per heavy atom. The Morgan fingerprint density at radius 3 is 1.75 bits per heavy atom. The van der Waals surface area contributed by atoms with Crippen LogP contribution in [0.25, 0.3) is 0 Å². The number of hydrogen-bond donors (Lipinski definition) is 1. The van der Waals surface area contributed by atoms with E-state index in [1.807, 2.05) is 0 Å². The van der Waals surface area contributed by atoms with Gasteiger partial charge in [-0.3, -0.25) is 0 Å². The van der Waals surface area contributed by atoms with Crippen molar-refractivity contribution in [3.8, 4) is 0 Å². The predicted molar refractivity (Wildman–Crippen MR) is 53.6 cm³/mol. The van der Waals surface area contributed by atoms with Crippen molar-refractivity contribution in [2.45, 2.75) is 12.4 Å². The summed E-state index contributed by atoms with van der Waals surface area (Å²) in [5.74, 6) is 0. The molecule has 0 aromatic heterocycles. The average Bonchev–Trinajstić information content (AvgIpc) is 1.97. The molecular formula is C8H4F6IN. The molecule has 0 aliphatic heterocycles. The molecule has 0 fully saturated rings. The lowest BCUT2D eigenvalue weighted by molar-refractivity contribution is -0.141. The molecule has 0 saturated heterocycles. The zero-order valence-corrected chi connectivity index (χ0v) is 9.54. The Kier molecular flexibility index (Phi) is 3.32. The molecule has 16 heavy (non-hydrogen) atoms. The topological polar surface area (TPSA) is 26.0 Å². The first-order chi connectivity index (χ1) is 7.03. The number of alkyl halides is 6. The third-order valence-corrected chi connectivity index (χ3v) is 2.58. The van der Waals surface area contributed by atoms with Crippen LogP contribution in [-0.2, 0) is 12.4 Å². The number of benzene rings is 1. The standard InChI is InChI=1S/C8H4F6IN/c9-7(10,11)3-1-4(15)6(5(16)2-3)8(12,13)14/h1-2H,16H2. The molecule has 0 amide bonds. The molecule has 1 nitrogen and oxygen atoms in total. The summed E-state index contributed by atoms with van der Waals surface area (Å²) in [4.78, 5) is 0. The predicted octanol–water partition coefficient (Wildman–Crippen LogP) is 3.91. The quantitative estimate of drug-likeness (QED) is 0.426. The van der Waals surface area contributed by atoms with Crippen LogP contribution in [0.1, 0.15) is 11.1 Å². The second-order valence-electron chi connectivity index (χ2n) is 2.92. The van der Waals surface area contributed by atoms with E-state index in [1.165, 1.54) is 22.6 Å². The average molecular weight is 355 g/mol. The molecule has 1 aromatic carbocycles. The first-order valence-corrected chi connectivity index (χ1v) is 4.85. The van der Waals surface area contributed by atoms with E-state index in [1.54, 1.807) is 0 Å². The molecule has 0 saturated carbocycles. The monoisotopic (exact) mass is 355 g/mol. The van der Waals surface area contributed by atoms with Crippen LogP contribution in [0, 0.1) is 3.57 Å². The Hall–Kier alpha value is -0.670. The molecule has 90 valence electrons. The number of nitrogens with two attached hydrogens (primary N) is 1. The van der Waals surface area contributed by atoms with Gasteiger partial charge in [-0.2, -0.15) is 26.3 Å². The van der Waals surface area contributed by atoms with Gasteiger partial charge in [0.25, 0.3) is 0 Å². The summed E-state index contributed by atoms with van der Waals surface area (Å²) in [5.41, 5.74) is 1.63. The van der Waals surface area contributed by atoms with Gasteiger partial charge in [0.15, 0.2) is 0 Å². The lowest BCUT2D eigenvalue weighted by Crippen LogP contribution is -2.14. The minimum Gasteiger partial charge on any atom is -0.398 e. The molecule has 0 aliphatic rings. The minimum atomic E-state index is -4.76. The summed E-state index contributed by atoms with van der Waals surface area (Å²) in [7, 11) is 0. The van der Waals surface area contributed by atoms with Gasteiger partial charge in [-0.1, -0.05) is 0 Å². The van der Waals surface area contributed by atoms with Crippen molar-refractivity contribution in [2.75, 3.05) is 5.73 Å². The number of halogens is 7. The molecule has 2 N–H and O–H groups in total. The van der Waals surface area contributed by atoms with Gasteiger partial charge in [-0.25, -0.2) is 0 Å². The zero-order valence-electron chi connectivity index (χ0n) is 7.38. The SMILES string of the molecule is Nc1cc(C(F)(F)F)cc(I)c1C(F)(F)F. The fourth-order valence-corrected chi connectivity index (χ4v) is 2.04. The number of hydrogen-bond acceptors (Lipinski definition) is 1. The van der Waals surface area contributed by atoms with Crippen molar-refractivity contribution in [3.63, 3.8) is 0 Å². The Morgan fingerprint density at radius 2 is 1.44 bits per heavy atom. The van der Waals surface area contributed by atoms with E-state index in [9.17, 15) is 26.3 Å². The molecule has 0 bridgehead atoms. The number of nitrogen functional groups attached to an aromatic ring is 1.